The average molecular weight is 269 g/mol. The summed E-state index contributed by atoms with van der Waals surface area (Å²) in [7, 11) is 3.81. The Hall–Kier alpha value is -0.0300. The molecule has 1 amide bonds. The molecule has 0 bridgehead atoms. The Balaban J connectivity index is 2.96. The van der Waals surface area contributed by atoms with Gasteiger partial charge in [0.1, 0.15) is 12.0 Å². The van der Waals surface area contributed by atoms with E-state index in [-0.39, 0.29) is 18.2 Å². The van der Waals surface area contributed by atoms with E-state index >= 15 is 0 Å². The van der Waals surface area contributed by atoms with Gasteiger partial charge in [0.2, 0.25) is 0 Å². The normalized spacial score (nSPS) is 29.2. The van der Waals surface area contributed by atoms with Gasteiger partial charge in [-0.2, -0.15) is 0 Å². The first-order valence-corrected chi connectivity index (χ1v) is 6.01. The Morgan fingerprint density at radius 1 is 1.44 bits per heavy atom. The van der Waals surface area contributed by atoms with Crippen molar-refractivity contribution < 1.29 is 9.53 Å². The number of ether oxygens (including phenoxy) is 1. The number of alkyl halides is 2. The fourth-order valence-corrected chi connectivity index (χ4v) is 2.39. The number of nitrogens with zero attached hydrogens (tertiary/aromatic N) is 2. The zero-order valence-corrected chi connectivity index (χ0v) is 11.7. The maximum Gasteiger partial charge on any atom is 0.258 e. The second-order valence-corrected chi connectivity index (χ2v) is 5.76. The molecule has 0 saturated carbocycles. The molecule has 1 aliphatic rings. The average Bonchev–Trinajstić information content (AvgIpc) is 2.35. The fraction of sp³-hybridized carbons (Fsp3) is 0.900. The van der Waals surface area contributed by atoms with Crippen molar-refractivity contribution in [1.29, 1.82) is 0 Å². The standard InChI is InChI=1S/C10H18Cl2N2O2/c1-6-9(13(4)5)16-10(2,3)14(6)8(15)7(11)12/h6-7,9H,1-5H3. The van der Waals surface area contributed by atoms with Crippen molar-refractivity contribution in [2.45, 2.75) is 43.6 Å². The monoisotopic (exact) mass is 268 g/mol. The second-order valence-electron chi connectivity index (χ2n) is 4.67. The number of hydrogen-bond donors (Lipinski definition) is 0. The zero-order chi connectivity index (χ0) is 12.7. The van der Waals surface area contributed by atoms with Crippen LogP contribution in [0.15, 0.2) is 0 Å². The van der Waals surface area contributed by atoms with Crippen LogP contribution in [0.1, 0.15) is 20.8 Å². The van der Waals surface area contributed by atoms with Crippen LogP contribution in [-0.2, 0) is 9.53 Å². The van der Waals surface area contributed by atoms with Crippen LogP contribution in [0.5, 0.6) is 0 Å². The number of amides is 1. The third-order valence-electron chi connectivity index (χ3n) is 2.74. The Morgan fingerprint density at radius 3 is 2.25 bits per heavy atom. The third-order valence-corrected chi connectivity index (χ3v) is 3.12. The van der Waals surface area contributed by atoms with Crippen LogP contribution in [0.3, 0.4) is 0 Å². The minimum atomic E-state index is -1.05. The molecule has 1 rings (SSSR count). The topological polar surface area (TPSA) is 32.8 Å². The van der Waals surface area contributed by atoms with Crippen LogP contribution in [0.2, 0.25) is 0 Å². The lowest BCUT2D eigenvalue weighted by Crippen LogP contribution is -2.50. The van der Waals surface area contributed by atoms with Crippen LogP contribution in [-0.4, -0.2) is 52.6 Å². The highest BCUT2D eigenvalue weighted by Gasteiger charge is 2.49. The van der Waals surface area contributed by atoms with E-state index in [1.54, 1.807) is 4.90 Å². The van der Waals surface area contributed by atoms with E-state index in [1.807, 2.05) is 39.8 Å². The molecule has 4 nitrogen and oxygen atoms in total. The van der Waals surface area contributed by atoms with E-state index in [9.17, 15) is 4.79 Å². The predicted molar refractivity (Wildman–Crippen MR) is 64.4 cm³/mol. The summed E-state index contributed by atoms with van der Waals surface area (Å²) in [5.74, 6) is -0.315. The SMILES string of the molecule is CC1C(N(C)C)OC(C)(C)N1C(=O)C(Cl)Cl. The van der Waals surface area contributed by atoms with Crippen molar-refractivity contribution in [1.82, 2.24) is 9.80 Å². The van der Waals surface area contributed by atoms with E-state index in [0.29, 0.717) is 0 Å². The molecule has 94 valence electrons. The van der Waals surface area contributed by atoms with E-state index in [4.69, 9.17) is 27.9 Å². The molecule has 1 saturated heterocycles. The lowest BCUT2D eigenvalue weighted by atomic mass is 10.2. The van der Waals surface area contributed by atoms with Gasteiger partial charge in [0.15, 0.2) is 4.84 Å². The summed E-state index contributed by atoms with van der Waals surface area (Å²) in [4.78, 5) is 14.4. The molecule has 1 fully saturated rings. The highest BCUT2D eigenvalue weighted by Crippen LogP contribution is 2.34. The van der Waals surface area contributed by atoms with Crippen LogP contribution < -0.4 is 0 Å². The maximum atomic E-state index is 11.9. The third kappa shape index (κ3) is 2.45. The van der Waals surface area contributed by atoms with Crippen LogP contribution >= 0.6 is 23.2 Å². The van der Waals surface area contributed by atoms with Crippen LogP contribution in [0.4, 0.5) is 0 Å². The zero-order valence-electron chi connectivity index (χ0n) is 10.2. The molecule has 0 radical (unpaired) electrons. The summed E-state index contributed by atoms with van der Waals surface area (Å²) in [6.07, 6.45) is -0.147. The van der Waals surface area contributed by atoms with Gasteiger partial charge in [-0.15, -0.1) is 0 Å². The van der Waals surface area contributed by atoms with Gasteiger partial charge in [-0.25, -0.2) is 0 Å². The summed E-state index contributed by atoms with van der Waals surface area (Å²) in [5.41, 5.74) is -0.687. The van der Waals surface area contributed by atoms with Gasteiger partial charge in [0.05, 0.1) is 6.04 Å². The molecular weight excluding hydrogens is 251 g/mol. The molecule has 0 aliphatic carbocycles. The van der Waals surface area contributed by atoms with Gasteiger partial charge >= 0.3 is 0 Å². The summed E-state index contributed by atoms with van der Waals surface area (Å²) in [5, 5.41) is 0. The quantitative estimate of drug-likeness (QED) is 0.715. The highest BCUT2D eigenvalue weighted by molar-refractivity contribution is 6.53. The van der Waals surface area contributed by atoms with Crippen LogP contribution in [0.25, 0.3) is 0 Å². The summed E-state index contributed by atoms with van der Waals surface area (Å²) in [6.45, 7) is 5.59. The molecule has 2 atom stereocenters. The molecule has 0 aromatic carbocycles. The lowest BCUT2D eigenvalue weighted by molar-refractivity contribution is -0.148. The fourth-order valence-electron chi connectivity index (χ4n) is 2.18. The van der Waals surface area contributed by atoms with Gasteiger partial charge in [-0.05, 0) is 34.9 Å². The number of halogens is 2. The first kappa shape index (κ1) is 14.0. The molecule has 0 spiro atoms. The summed E-state index contributed by atoms with van der Waals surface area (Å²) in [6, 6.07) is -0.0856. The maximum absolute atomic E-state index is 11.9. The van der Waals surface area contributed by atoms with Crippen molar-refractivity contribution in [3.8, 4) is 0 Å². The van der Waals surface area contributed by atoms with E-state index in [0.717, 1.165) is 0 Å². The molecule has 0 N–H and O–H groups in total. The van der Waals surface area contributed by atoms with Gasteiger partial charge in [0.25, 0.3) is 5.91 Å². The number of rotatable bonds is 2. The first-order valence-electron chi connectivity index (χ1n) is 5.14. The lowest BCUT2D eigenvalue weighted by Gasteiger charge is -2.32. The summed E-state index contributed by atoms with van der Waals surface area (Å²) >= 11 is 11.3. The molecule has 0 aromatic rings. The van der Waals surface area contributed by atoms with Gasteiger partial charge in [-0.1, -0.05) is 23.2 Å². The smallest absolute Gasteiger partial charge is 0.258 e. The Labute approximate surface area is 106 Å². The Kier molecular flexibility index (Phi) is 4.11. The van der Waals surface area contributed by atoms with Crippen molar-refractivity contribution >= 4 is 29.1 Å². The molecule has 2 unspecified atom stereocenters. The van der Waals surface area contributed by atoms with E-state index in [2.05, 4.69) is 0 Å². The Morgan fingerprint density at radius 2 is 1.94 bits per heavy atom. The molecule has 1 aliphatic heterocycles. The molecule has 0 aromatic heterocycles. The highest BCUT2D eigenvalue weighted by atomic mass is 35.5. The van der Waals surface area contributed by atoms with Crippen molar-refractivity contribution in [3.05, 3.63) is 0 Å². The van der Waals surface area contributed by atoms with Gasteiger partial charge < -0.3 is 9.64 Å². The number of hydrogen-bond acceptors (Lipinski definition) is 3. The first-order chi connectivity index (χ1) is 7.18. The molecule has 1 heterocycles. The number of carbonyl (C=O) groups excluding carboxylic acids is 1. The van der Waals surface area contributed by atoms with Crippen molar-refractivity contribution in [2.75, 3.05) is 14.1 Å². The molecular formula is C10H18Cl2N2O2. The van der Waals surface area contributed by atoms with Gasteiger partial charge in [0, 0.05) is 0 Å². The van der Waals surface area contributed by atoms with Crippen molar-refractivity contribution in [2.24, 2.45) is 0 Å². The molecule has 6 heteroatoms. The second kappa shape index (κ2) is 4.69. The minimum absolute atomic E-state index is 0.0856. The van der Waals surface area contributed by atoms with Crippen molar-refractivity contribution in [3.63, 3.8) is 0 Å². The number of carbonyl (C=O) groups is 1. The van der Waals surface area contributed by atoms with E-state index in [1.165, 1.54) is 0 Å². The minimum Gasteiger partial charge on any atom is -0.336 e. The van der Waals surface area contributed by atoms with E-state index < -0.39 is 10.6 Å². The Bertz CT molecular complexity index is 282. The predicted octanol–water partition coefficient (Wildman–Crippen LogP) is 1.66. The van der Waals surface area contributed by atoms with Gasteiger partial charge in [-0.3, -0.25) is 9.69 Å². The molecule has 16 heavy (non-hydrogen) atoms. The number of likely N-dealkylation sites (N-methyl/N-ethyl adjacent to an activating group) is 1. The summed E-state index contributed by atoms with van der Waals surface area (Å²) < 4.78 is 5.82. The largest absolute Gasteiger partial charge is 0.336 e. The van der Waals surface area contributed by atoms with Crippen LogP contribution in [0, 0.1) is 0 Å².